The second kappa shape index (κ2) is 7.32. The van der Waals surface area contributed by atoms with Crippen molar-refractivity contribution >= 4 is 23.2 Å². The second-order valence-corrected chi connectivity index (χ2v) is 9.34. The number of rotatable bonds is 3. The molecular formula is C22H28Cl2O2. The molecule has 4 heteroatoms. The standard InChI is InChI=1S/C22H28Cl2O2/c1-21(2,3)13-9-15(19(23)17(11-13)25-7)16-10-14(22(4,5)6)12-18(26-8)20(16)24/h9-12H,1-8H3. The van der Waals surface area contributed by atoms with E-state index in [9.17, 15) is 0 Å². The van der Waals surface area contributed by atoms with E-state index >= 15 is 0 Å². The quantitative estimate of drug-likeness (QED) is 0.544. The van der Waals surface area contributed by atoms with Crippen LogP contribution in [0, 0.1) is 0 Å². The largest absolute Gasteiger partial charge is 0.495 e. The molecule has 2 aromatic carbocycles. The number of methoxy groups -OCH3 is 2. The molecule has 0 radical (unpaired) electrons. The van der Waals surface area contributed by atoms with Crippen molar-refractivity contribution < 1.29 is 9.47 Å². The van der Waals surface area contributed by atoms with Crippen LogP contribution in [-0.4, -0.2) is 14.2 Å². The van der Waals surface area contributed by atoms with Crippen LogP contribution >= 0.6 is 23.2 Å². The molecule has 0 aromatic heterocycles. The molecule has 26 heavy (non-hydrogen) atoms. The van der Waals surface area contributed by atoms with Crippen LogP contribution in [0.5, 0.6) is 11.5 Å². The summed E-state index contributed by atoms with van der Waals surface area (Å²) in [7, 11) is 3.26. The van der Waals surface area contributed by atoms with E-state index in [4.69, 9.17) is 32.7 Å². The lowest BCUT2D eigenvalue weighted by Gasteiger charge is -2.25. The predicted molar refractivity (Wildman–Crippen MR) is 112 cm³/mol. The van der Waals surface area contributed by atoms with Gasteiger partial charge in [-0.25, -0.2) is 0 Å². The second-order valence-electron chi connectivity index (χ2n) is 8.58. The summed E-state index contributed by atoms with van der Waals surface area (Å²) < 4.78 is 11.1. The van der Waals surface area contributed by atoms with Crippen LogP contribution in [0.1, 0.15) is 52.7 Å². The Bertz CT molecular complexity index is 743. The van der Waals surface area contributed by atoms with Crippen molar-refractivity contribution in [1.29, 1.82) is 0 Å². The SMILES string of the molecule is COc1cc(C(C)(C)C)cc(-c2cc(C(C)(C)C)cc(OC)c2Cl)c1Cl. The number of ether oxygens (including phenoxy) is 2. The summed E-state index contributed by atoms with van der Waals surface area (Å²) in [5, 5.41) is 1.10. The first-order valence-corrected chi connectivity index (χ1v) is 9.42. The third-order valence-corrected chi connectivity index (χ3v) is 5.32. The van der Waals surface area contributed by atoms with E-state index in [0.29, 0.717) is 21.5 Å². The fourth-order valence-corrected chi connectivity index (χ4v) is 3.33. The Labute approximate surface area is 167 Å². The van der Waals surface area contributed by atoms with Crippen molar-refractivity contribution in [2.24, 2.45) is 0 Å². The Morgan fingerprint density at radius 1 is 0.615 bits per heavy atom. The van der Waals surface area contributed by atoms with Crippen LogP contribution in [0.3, 0.4) is 0 Å². The van der Waals surface area contributed by atoms with Gasteiger partial charge >= 0.3 is 0 Å². The lowest BCUT2D eigenvalue weighted by Crippen LogP contribution is -2.13. The van der Waals surface area contributed by atoms with Gasteiger partial charge in [0.25, 0.3) is 0 Å². The monoisotopic (exact) mass is 394 g/mol. The zero-order valence-electron chi connectivity index (χ0n) is 16.9. The zero-order valence-corrected chi connectivity index (χ0v) is 18.4. The maximum atomic E-state index is 6.68. The Hall–Kier alpha value is -1.38. The molecule has 2 aromatic rings. The van der Waals surface area contributed by atoms with E-state index in [-0.39, 0.29) is 10.8 Å². The zero-order chi connectivity index (χ0) is 19.9. The van der Waals surface area contributed by atoms with E-state index in [2.05, 4.69) is 53.7 Å². The van der Waals surface area contributed by atoms with Gasteiger partial charge in [0.2, 0.25) is 0 Å². The van der Waals surface area contributed by atoms with E-state index in [1.807, 2.05) is 12.1 Å². The van der Waals surface area contributed by atoms with Gasteiger partial charge in [-0.2, -0.15) is 0 Å². The normalized spacial score (nSPS) is 12.2. The molecule has 0 aliphatic heterocycles. The Balaban J connectivity index is 2.86. The maximum absolute atomic E-state index is 6.68. The number of hydrogen-bond donors (Lipinski definition) is 0. The van der Waals surface area contributed by atoms with Gasteiger partial charge in [-0.05, 0) is 46.2 Å². The van der Waals surface area contributed by atoms with Gasteiger partial charge < -0.3 is 9.47 Å². The first-order chi connectivity index (χ1) is 11.9. The molecule has 0 bridgehead atoms. The van der Waals surface area contributed by atoms with Gasteiger partial charge in [-0.3, -0.25) is 0 Å². The molecule has 2 rings (SSSR count). The lowest BCUT2D eigenvalue weighted by atomic mass is 9.83. The van der Waals surface area contributed by atoms with Crippen LogP contribution in [-0.2, 0) is 10.8 Å². The number of benzene rings is 2. The summed E-state index contributed by atoms with van der Waals surface area (Å²) in [6.45, 7) is 13.0. The van der Waals surface area contributed by atoms with E-state index in [1.54, 1.807) is 14.2 Å². The van der Waals surface area contributed by atoms with Crippen LogP contribution < -0.4 is 9.47 Å². The van der Waals surface area contributed by atoms with E-state index in [1.165, 1.54) is 0 Å². The molecule has 0 amide bonds. The molecule has 0 saturated heterocycles. The fraction of sp³-hybridized carbons (Fsp3) is 0.455. The van der Waals surface area contributed by atoms with Crippen molar-refractivity contribution in [2.45, 2.75) is 52.4 Å². The molecule has 0 unspecified atom stereocenters. The molecule has 0 spiro atoms. The van der Waals surface area contributed by atoms with Crippen molar-refractivity contribution in [3.8, 4) is 22.6 Å². The maximum Gasteiger partial charge on any atom is 0.138 e. The minimum absolute atomic E-state index is 0.0508. The highest BCUT2D eigenvalue weighted by Gasteiger charge is 2.24. The Morgan fingerprint density at radius 2 is 0.923 bits per heavy atom. The lowest BCUT2D eigenvalue weighted by molar-refractivity contribution is 0.412. The van der Waals surface area contributed by atoms with Crippen LogP contribution in [0.15, 0.2) is 24.3 Å². The first-order valence-electron chi connectivity index (χ1n) is 8.66. The highest BCUT2D eigenvalue weighted by molar-refractivity contribution is 6.38. The summed E-state index contributed by atoms with van der Waals surface area (Å²) in [6, 6.07) is 8.17. The average molecular weight is 395 g/mol. The summed E-state index contributed by atoms with van der Waals surface area (Å²) in [6.07, 6.45) is 0. The minimum Gasteiger partial charge on any atom is -0.495 e. The molecule has 0 heterocycles. The minimum atomic E-state index is -0.0508. The molecule has 0 fully saturated rings. The van der Waals surface area contributed by atoms with Gasteiger partial charge in [0.15, 0.2) is 0 Å². The smallest absolute Gasteiger partial charge is 0.138 e. The van der Waals surface area contributed by atoms with Crippen LogP contribution in [0.2, 0.25) is 10.0 Å². The van der Waals surface area contributed by atoms with Crippen LogP contribution in [0.25, 0.3) is 11.1 Å². The first kappa shape index (κ1) is 20.9. The Kier molecular flexibility index (Phi) is 5.90. The van der Waals surface area contributed by atoms with Crippen molar-refractivity contribution in [1.82, 2.24) is 0 Å². The van der Waals surface area contributed by atoms with Gasteiger partial charge in [0, 0.05) is 11.1 Å². The van der Waals surface area contributed by atoms with Crippen LogP contribution in [0.4, 0.5) is 0 Å². The molecule has 142 valence electrons. The number of hydrogen-bond acceptors (Lipinski definition) is 2. The summed E-state index contributed by atoms with van der Waals surface area (Å²) >= 11 is 13.4. The molecule has 0 N–H and O–H groups in total. The summed E-state index contributed by atoms with van der Waals surface area (Å²) in [5.74, 6) is 1.29. The van der Waals surface area contributed by atoms with E-state index < -0.39 is 0 Å². The van der Waals surface area contributed by atoms with Gasteiger partial charge in [-0.1, -0.05) is 64.7 Å². The topological polar surface area (TPSA) is 18.5 Å². The third kappa shape index (κ3) is 4.13. The predicted octanol–water partition coefficient (Wildman–Crippen LogP) is 7.27. The Morgan fingerprint density at radius 3 is 1.15 bits per heavy atom. The summed E-state index contributed by atoms with van der Waals surface area (Å²) in [4.78, 5) is 0. The fourth-order valence-electron chi connectivity index (χ4n) is 2.75. The average Bonchev–Trinajstić information content (AvgIpc) is 2.53. The molecule has 0 saturated carbocycles. The summed E-state index contributed by atoms with van der Waals surface area (Å²) in [5.41, 5.74) is 3.86. The molecule has 0 aliphatic rings. The van der Waals surface area contributed by atoms with Crippen molar-refractivity contribution in [3.05, 3.63) is 45.4 Å². The third-order valence-electron chi connectivity index (χ3n) is 4.54. The highest BCUT2D eigenvalue weighted by Crippen LogP contribution is 2.45. The van der Waals surface area contributed by atoms with Gasteiger partial charge in [-0.15, -0.1) is 0 Å². The number of halogens is 2. The van der Waals surface area contributed by atoms with Gasteiger partial charge in [0.1, 0.15) is 11.5 Å². The van der Waals surface area contributed by atoms with E-state index in [0.717, 1.165) is 22.3 Å². The van der Waals surface area contributed by atoms with Crippen molar-refractivity contribution in [3.63, 3.8) is 0 Å². The highest BCUT2D eigenvalue weighted by atomic mass is 35.5. The van der Waals surface area contributed by atoms with Crippen molar-refractivity contribution in [2.75, 3.05) is 14.2 Å². The molecule has 2 nitrogen and oxygen atoms in total. The molecular weight excluding hydrogens is 367 g/mol. The van der Waals surface area contributed by atoms with Gasteiger partial charge in [0.05, 0.1) is 24.3 Å². The molecule has 0 atom stereocenters. The molecule has 0 aliphatic carbocycles.